The SMILES string of the molecule is Cc1ccc2nc(/C(C#N)=C\c3ccc(O)c(Cl)c3)[nH]c2c1. The summed E-state index contributed by atoms with van der Waals surface area (Å²) < 4.78 is 0. The number of phenols is 1. The van der Waals surface area contributed by atoms with Gasteiger partial charge in [0, 0.05) is 0 Å². The lowest BCUT2D eigenvalue weighted by Gasteiger charge is -1.99. The number of rotatable bonds is 2. The molecule has 108 valence electrons. The molecule has 2 aromatic carbocycles. The molecule has 0 saturated carbocycles. The number of allylic oxidation sites excluding steroid dienone is 1. The second-order valence-corrected chi connectivity index (χ2v) is 5.39. The minimum atomic E-state index is 0.0107. The van der Waals surface area contributed by atoms with E-state index in [1.54, 1.807) is 18.2 Å². The monoisotopic (exact) mass is 309 g/mol. The van der Waals surface area contributed by atoms with Crippen LogP contribution in [0.25, 0.3) is 22.7 Å². The lowest BCUT2D eigenvalue weighted by molar-refractivity contribution is 0.475. The zero-order valence-electron chi connectivity index (χ0n) is 11.8. The van der Waals surface area contributed by atoms with Gasteiger partial charge in [0.05, 0.1) is 21.6 Å². The number of imidazole rings is 1. The fraction of sp³-hybridized carbons (Fsp3) is 0.0588. The Kier molecular flexibility index (Phi) is 3.58. The normalized spacial score (nSPS) is 11.6. The van der Waals surface area contributed by atoms with E-state index in [1.807, 2.05) is 25.1 Å². The van der Waals surface area contributed by atoms with Crippen molar-refractivity contribution in [3.63, 3.8) is 0 Å². The Morgan fingerprint density at radius 3 is 2.86 bits per heavy atom. The average molecular weight is 310 g/mol. The van der Waals surface area contributed by atoms with E-state index in [0.717, 1.165) is 22.2 Å². The van der Waals surface area contributed by atoms with Crippen LogP contribution in [0.1, 0.15) is 17.0 Å². The molecule has 3 rings (SSSR count). The Bertz CT molecular complexity index is 935. The fourth-order valence-corrected chi connectivity index (χ4v) is 2.37. The van der Waals surface area contributed by atoms with E-state index < -0.39 is 0 Å². The van der Waals surface area contributed by atoms with Crippen molar-refractivity contribution in [1.82, 2.24) is 9.97 Å². The molecule has 0 bridgehead atoms. The number of nitrogens with zero attached hydrogens (tertiary/aromatic N) is 2. The van der Waals surface area contributed by atoms with E-state index >= 15 is 0 Å². The summed E-state index contributed by atoms with van der Waals surface area (Å²) in [7, 11) is 0. The average Bonchev–Trinajstić information content (AvgIpc) is 2.91. The van der Waals surface area contributed by atoms with E-state index in [1.165, 1.54) is 6.07 Å². The Labute approximate surface area is 132 Å². The van der Waals surface area contributed by atoms with Gasteiger partial charge in [0.2, 0.25) is 0 Å². The second-order valence-electron chi connectivity index (χ2n) is 4.99. The number of aromatic hydroxyl groups is 1. The lowest BCUT2D eigenvalue weighted by atomic mass is 10.1. The van der Waals surface area contributed by atoms with Gasteiger partial charge in [-0.1, -0.05) is 23.7 Å². The van der Waals surface area contributed by atoms with Crippen LogP contribution in [0.5, 0.6) is 5.75 Å². The zero-order valence-corrected chi connectivity index (χ0v) is 12.5. The predicted octanol–water partition coefficient (Wildman–Crippen LogP) is 4.29. The number of aromatic amines is 1. The number of H-pyrrole nitrogens is 1. The van der Waals surface area contributed by atoms with E-state index in [4.69, 9.17) is 11.6 Å². The molecule has 0 amide bonds. The van der Waals surface area contributed by atoms with Crippen molar-refractivity contribution in [3.8, 4) is 11.8 Å². The molecule has 0 saturated heterocycles. The third-order valence-corrected chi connectivity index (χ3v) is 3.60. The van der Waals surface area contributed by atoms with Gasteiger partial charge in [0.1, 0.15) is 17.6 Å². The Morgan fingerprint density at radius 1 is 1.32 bits per heavy atom. The smallest absolute Gasteiger partial charge is 0.149 e. The van der Waals surface area contributed by atoms with Crippen molar-refractivity contribution in [2.75, 3.05) is 0 Å². The number of benzene rings is 2. The lowest BCUT2D eigenvalue weighted by Crippen LogP contribution is -1.85. The second kappa shape index (κ2) is 5.55. The fourth-order valence-electron chi connectivity index (χ4n) is 2.18. The zero-order chi connectivity index (χ0) is 15.7. The highest BCUT2D eigenvalue weighted by atomic mass is 35.5. The maximum absolute atomic E-state index is 9.44. The molecule has 0 aliphatic rings. The van der Waals surface area contributed by atoms with Crippen LogP contribution in [-0.2, 0) is 0 Å². The summed E-state index contributed by atoms with van der Waals surface area (Å²) >= 11 is 5.88. The third-order valence-electron chi connectivity index (χ3n) is 3.30. The van der Waals surface area contributed by atoms with Gasteiger partial charge >= 0.3 is 0 Å². The summed E-state index contributed by atoms with van der Waals surface area (Å²) in [4.78, 5) is 7.58. The van der Waals surface area contributed by atoms with Crippen molar-refractivity contribution in [2.24, 2.45) is 0 Å². The summed E-state index contributed by atoms with van der Waals surface area (Å²) in [5.41, 5.74) is 3.94. The molecule has 0 fully saturated rings. The van der Waals surface area contributed by atoms with Crippen LogP contribution < -0.4 is 0 Å². The maximum atomic E-state index is 9.44. The molecular weight excluding hydrogens is 298 g/mol. The first-order valence-corrected chi connectivity index (χ1v) is 7.01. The predicted molar refractivity (Wildman–Crippen MR) is 87.4 cm³/mol. The molecule has 0 unspecified atom stereocenters. The number of halogens is 1. The molecule has 0 spiro atoms. The van der Waals surface area contributed by atoms with Crippen molar-refractivity contribution in [3.05, 3.63) is 58.4 Å². The molecule has 0 aliphatic carbocycles. The van der Waals surface area contributed by atoms with E-state index in [-0.39, 0.29) is 10.8 Å². The minimum absolute atomic E-state index is 0.0107. The number of phenolic OH excluding ortho intramolecular Hbond substituents is 1. The molecule has 3 aromatic rings. The number of hydrogen-bond donors (Lipinski definition) is 2. The molecule has 0 radical (unpaired) electrons. The summed E-state index contributed by atoms with van der Waals surface area (Å²) in [6, 6.07) is 12.8. The van der Waals surface area contributed by atoms with Gasteiger partial charge in [-0.15, -0.1) is 0 Å². The first-order chi connectivity index (χ1) is 10.6. The summed E-state index contributed by atoms with van der Waals surface area (Å²) in [5, 5.41) is 19.1. The van der Waals surface area contributed by atoms with Crippen LogP contribution >= 0.6 is 11.6 Å². The van der Waals surface area contributed by atoms with Crippen molar-refractivity contribution < 1.29 is 5.11 Å². The standard InChI is InChI=1S/C17H12ClN3O/c1-10-2-4-14-15(6-10)21-17(20-14)12(9-19)7-11-3-5-16(22)13(18)8-11/h2-8,22H,1H3,(H,20,21)/b12-7-. The van der Waals surface area contributed by atoms with Crippen LogP contribution in [0.2, 0.25) is 5.02 Å². The topological polar surface area (TPSA) is 72.7 Å². The highest BCUT2D eigenvalue weighted by molar-refractivity contribution is 6.32. The van der Waals surface area contributed by atoms with Crippen LogP contribution in [-0.4, -0.2) is 15.1 Å². The highest BCUT2D eigenvalue weighted by Crippen LogP contribution is 2.26. The van der Waals surface area contributed by atoms with Crippen molar-refractivity contribution >= 4 is 34.3 Å². The molecule has 2 N–H and O–H groups in total. The van der Waals surface area contributed by atoms with Crippen LogP contribution in [0.3, 0.4) is 0 Å². The largest absolute Gasteiger partial charge is 0.506 e. The summed E-state index contributed by atoms with van der Waals surface area (Å²) in [6.45, 7) is 2.00. The number of fused-ring (bicyclic) bond motifs is 1. The Morgan fingerprint density at radius 2 is 2.14 bits per heavy atom. The molecule has 1 aromatic heterocycles. The van der Waals surface area contributed by atoms with Crippen molar-refractivity contribution in [2.45, 2.75) is 6.92 Å². The minimum Gasteiger partial charge on any atom is -0.506 e. The molecule has 22 heavy (non-hydrogen) atoms. The van der Waals surface area contributed by atoms with Gasteiger partial charge in [0.25, 0.3) is 0 Å². The first-order valence-electron chi connectivity index (χ1n) is 6.64. The summed E-state index contributed by atoms with van der Waals surface area (Å²) in [6.07, 6.45) is 1.68. The first kappa shape index (κ1) is 14.2. The van der Waals surface area contributed by atoms with Gasteiger partial charge < -0.3 is 10.1 Å². The molecule has 4 nitrogen and oxygen atoms in total. The maximum Gasteiger partial charge on any atom is 0.149 e. The van der Waals surface area contributed by atoms with Gasteiger partial charge in [-0.2, -0.15) is 5.26 Å². The van der Waals surface area contributed by atoms with Gasteiger partial charge in [-0.25, -0.2) is 4.98 Å². The number of nitriles is 1. The third kappa shape index (κ3) is 2.67. The van der Waals surface area contributed by atoms with Gasteiger partial charge in [0.15, 0.2) is 0 Å². The number of nitrogens with one attached hydrogen (secondary N) is 1. The quantitative estimate of drug-likeness (QED) is 0.693. The van der Waals surface area contributed by atoms with Crippen LogP contribution in [0.15, 0.2) is 36.4 Å². The Hall–Kier alpha value is -2.77. The van der Waals surface area contributed by atoms with E-state index in [2.05, 4.69) is 16.0 Å². The number of hydrogen-bond acceptors (Lipinski definition) is 3. The molecule has 0 atom stereocenters. The molecule has 5 heteroatoms. The highest BCUT2D eigenvalue weighted by Gasteiger charge is 2.08. The van der Waals surface area contributed by atoms with Crippen LogP contribution in [0.4, 0.5) is 0 Å². The number of aromatic nitrogens is 2. The van der Waals surface area contributed by atoms with E-state index in [9.17, 15) is 10.4 Å². The number of aryl methyl sites for hydroxylation is 1. The molecular formula is C17H12ClN3O. The Balaban J connectivity index is 2.07. The molecule has 1 heterocycles. The van der Waals surface area contributed by atoms with Crippen molar-refractivity contribution in [1.29, 1.82) is 5.26 Å². The summed E-state index contributed by atoms with van der Waals surface area (Å²) in [5.74, 6) is 0.517. The van der Waals surface area contributed by atoms with Gasteiger partial charge in [-0.3, -0.25) is 0 Å². The van der Waals surface area contributed by atoms with Gasteiger partial charge in [-0.05, 0) is 48.4 Å². The van der Waals surface area contributed by atoms with E-state index in [0.29, 0.717) is 11.4 Å². The van der Waals surface area contributed by atoms with Crippen LogP contribution in [0, 0.1) is 18.3 Å². The molecule has 0 aliphatic heterocycles.